The Hall–Kier alpha value is -6.31. The second-order valence-electron chi connectivity index (χ2n) is 12.4. The first-order valence-corrected chi connectivity index (χ1v) is 17.4. The second-order valence-corrected chi connectivity index (χ2v) is 13.4. The molecule has 1 aliphatic carbocycles. The quantitative estimate of drug-likeness (QED) is 0.183. The van der Waals surface area contributed by atoms with Gasteiger partial charge in [-0.1, -0.05) is 121 Å². The van der Waals surface area contributed by atoms with Crippen LogP contribution in [0, 0.1) is 0 Å². The molecule has 7 heteroatoms. The Kier molecular flexibility index (Phi) is 6.70. The van der Waals surface area contributed by atoms with E-state index in [1.54, 1.807) is 11.3 Å². The molecular formula is C43H27N5OS. The smallest absolute Gasteiger partial charge is 0.164 e. The van der Waals surface area contributed by atoms with Crippen molar-refractivity contribution >= 4 is 53.6 Å². The zero-order valence-corrected chi connectivity index (χ0v) is 27.5. The van der Waals surface area contributed by atoms with E-state index in [2.05, 4.69) is 97.1 Å². The highest BCUT2D eigenvalue weighted by atomic mass is 32.1. The van der Waals surface area contributed by atoms with Crippen molar-refractivity contribution in [2.75, 3.05) is 0 Å². The molecule has 4 aromatic heterocycles. The van der Waals surface area contributed by atoms with Crippen LogP contribution in [0.1, 0.15) is 18.2 Å². The molecule has 4 heterocycles. The molecule has 10 rings (SSSR count). The van der Waals surface area contributed by atoms with Crippen molar-refractivity contribution in [2.45, 2.75) is 12.3 Å². The van der Waals surface area contributed by atoms with Gasteiger partial charge in [0.05, 0.1) is 5.69 Å². The fraction of sp³-hybridized carbons (Fsp3) is 0.0465. The van der Waals surface area contributed by atoms with E-state index in [4.69, 9.17) is 29.3 Å². The monoisotopic (exact) mass is 661 g/mol. The summed E-state index contributed by atoms with van der Waals surface area (Å²) in [5.41, 5.74) is 6.36. The van der Waals surface area contributed by atoms with Crippen LogP contribution < -0.4 is 0 Å². The molecule has 0 spiro atoms. The Labute approximate surface area is 291 Å². The third-order valence-corrected chi connectivity index (χ3v) is 10.3. The number of allylic oxidation sites excluding steroid dienone is 4. The maximum atomic E-state index is 6.26. The molecule has 9 aromatic rings. The largest absolute Gasteiger partial charge is 0.456 e. The van der Waals surface area contributed by atoms with Gasteiger partial charge in [-0.05, 0) is 30.7 Å². The van der Waals surface area contributed by atoms with E-state index in [1.165, 1.54) is 0 Å². The van der Waals surface area contributed by atoms with Crippen molar-refractivity contribution < 1.29 is 4.42 Å². The molecule has 1 atom stereocenters. The molecule has 0 amide bonds. The third kappa shape index (κ3) is 4.82. The second kappa shape index (κ2) is 11.7. The Morgan fingerprint density at radius 3 is 2.16 bits per heavy atom. The maximum Gasteiger partial charge on any atom is 0.164 e. The molecule has 0 fully saturated rings. The number of rotatable bonds is 5. The summed E-state index contributed by atoms with van der Waals surface area (Å²) < 4.78 is 7.36. The first kappa shape index (κ1) is 28.7. The number of hydrogen-bond donors (Lipinski definition) is 0. The summed E-state index contributed by atoms with van der Waals surface area (Å²) in [7, 11) is 0. The zero-order valence-electron chi connectivity index (χ0n) is 26.7. The fourth-order valence-electron chi connectivity index (χ4n) is 6.87. The van der Waals surface area contributed by atoms with Gasteiger partial charge in [0.1, 0.15) is 21.8 Å². The van der Waals surface area contributed by atoms with E-state index in [-0.39, 0.29) is 5.92 Å². The van der Waals surface area contributed by atoms with Crippen LogP contribution in [0.4, 0.5) is 0 Å². The number of aromatic nitrogens is 5. The van der Waals surface area contributed by atoms with Crippen LogP contribution in [0.25, 0.3) is 87.7 Å². The Bertz CT molecular complexity index is 2800. The van der Waals surface area contributed by atoms with Crippen LogP contribution in [-0.2, 0) is 0 Å². The molecule has 0 saturated heterocycles. The number of nitrogens with zero attached hydrogens (tertiary/aromatic N) is 5. The van der Waals surface area contributed by atoms with Crippen molar-refractivity contribution in [3.63, 3.8) is 0 Å². The molecule has 0 radical (unpaired) electrons. The topological polar surface area (TPSA) is 77.6 Å². The molecule has 0 N–H and O–H groups in total. The summed E-state index contributed by atoms with van der Waals surface area (Å²) in [5.74, 6) is 2.70. The number of para-hydroxylation sites is 1. The summed E-state index contributed by atoms with van der Waals surface area (Å²) in [6.45, 7) is 0. The number of hydrogen-bond acceptors (Lipinski definition) is 7. The van der Waals surface area contributed by atoms with Crippen molar-refractivity contribution in [1.82, 2.24) is 24.9 Å². The van der Waals surface area contributed by atoms with Gasteiger partial charge in [0, 0.05) is 54.4 Å². The van der Waals surface area contributed by atoms with Gasteiger partial charge in [0.25, 0.3) is 0 Å². The molecule has 1 unspecified atom stereocenters. The Balaban J connectivity index is 1.22. The zero-order chi connectivity index (χ0) is 33.0. The molecule has 236 valence electrons. The summed E-state index contributed by atoms with van der Waals surface area (Å²) in [6, 6.07) is 41.2. The Morgan fingerprint density at radius 2 is 1.32 bits per heavy atom. The maximum absolute atomic E-state index is 6.26. The standard InChI is InChI=1S/C43H27N5OS/c1-4-13-26(14-5-1)38-37-36-32(20-12-22-35(36)50-43(37)48-39(44-38)27-15-6-2-7-16-27)42-46-40(28-17-8-3-9-18-28)45-41(47-42)29-23-24-31-30-19-10-11-21-33(30)49-34(31)25-29/h1-17,19-25,28H,18H2. The van der Waals surface area contributed by atoms with Gasteiger partial charge in [-0.15, -0.1) is 11.3 Å². The average molecular weight is 662 g/mol. The van der Waals surface area contributed by atoms with Crippen molar-refractivity contribution in [3.05, 3.63) is 151 Å². The predicted molar refractivity (Wildman–Crippen MR) is 203 cm³/mol. The normalized spacial score (nSPS) is 14.4. The average Bonchev–Trinajstić information content (AvgIpc) is 3.76. The molecule has 50 heavy (non-hydrogen) atoms. The lowest BCUT2D eigenvalue weighted by atomic mass is 9.99. The molecule has 0 saturated carbocycles. The highest BCUT2D eigenvalue weighted by molar-refractivity contribution is 7.25. The van der Waals surface area contributed by atoms with Crippen LogP contribution in [0.15, 0.2) is 150 Å². The summed E-state index contributed by atoms with van der Waals surface area (Å²) in [4.78, 5) is 26.7. The summed E-state index contributed by atoms with van der Waals surface area (Å²) >= 11 is 1.67. The molecule has 6 nitrogen and oxygen atoms in total. The lowest BCUT2D eigenvalue weighted by Crippen LogP contribution is -2.08. The van der Waals surface area contributed by atoms with Gasteiger partial charge in [-0.3, -0.25) is 0 Å². The summed E-state index contributed by atoms with van der Waals surface area (Å²) in [5, 5.41) is 4.20. The minimum Gasteiger partial charge on any atom is -0.456 e. The van der Waals surface area contributed by atoms with Crippen LogP contribution in [0.2, 0.25) is 0 Å². The van der Waals surface area contributed by atoms with Gasteiger partial charge >= 0.3 is 0 Å². The van der Waals surface area contributed by atoms with Gasteiger partial charge in [0.2, 0.25) is 0 Å². The molecule has 0 aliphatic heterocycles. The highest BCUT2D eigenvalue weighted by Crippen LogP contribution is 2.44. The molecular weight excluding hydrogens is 635 g/mol. The van der Waals surface area contributed by atoms with Crippen LogP contribution in [-0.4, -0.2) is 24.9 Å². The van der Waals surface area contributed by atoms with E-state index in [1.807, 2.05) is 48.5 Å². The molecule has 0 bridgehead atoms. The minimum absolute atomic E-state index is 0.0329. The first-order valence-electron chi connectivity index (χ1n) is 16.6. The van der Waals surface area contributed by atoms with Gasteiger partial charge in [0.15, 0.2) is 17.5 Å². The van der Waals surface area contributed by atoms with E-state index < -0.39 is 0 Å². The van der Waals surface area contributed by atoms with Crippen LogP contribution in [0.3, 0.4) is 0 Å². The number of furan rings is 1. The van der Waals surface area contributed by atoms with Crippen molar-refractivity contribution in [3.8, 4) is 45.4 Å². The molecule has 5 aromatic carbocycles. The van der Waals surface area contributed by atoms with E-state index in [0.29, 0.717) is 17.5 Å². The predicted octanol–water partition coefficient (Wildman–Crippen LogP) is 11.2. The van der Waals surface area contributed by atoms with Crippen molar-refractivity contribution in [2.24, 2.45) is 0 Å². The minimum atomic E-state index is 0.0329. The van der Waals surface area contributed by atoms with Crippen LogP contribution in [0.5, 0.6) is 0 Å². The lowest BCUT2D eigenvalue weighted by Gasteiger charge is -2.15. The highest BCUT2D eigenvalue weighted by Gasteiger charge is 2.23. The summed E-state index contributed by atoms with van der Waals surface area (Å²) in [6.07, 6.45) is 9.29. The lowest BCUT2D eigenvalue weighted by molar-refractivity contribution is 0.669. The van der Waals surface area contributed by atoms with E-state index >= 15 is 0 Å². The SMILES string of the molecule is C1=CCC(c2nc(-c3ccc4c(c3)oc3ccccc34)nc(-c3cccc4sc5nc(-c6ccccc6)nc(-c6ccccc6)c5c34)n2)C=C1. The number of thiophene rings is 1. The fourth-order valence-corrected chi connectivity index (χ4v) is 7.97. The van der Waals surface area contributed by atoms with Gasteiger partial charge in [-0.25, -0.2) is 24.9 Å². The van der Waals surface area contributed by atoms with E-state index in [0.717, 1.165) is 82.4 Å². The number of benzene rings is 5. The molecule has 1 aliphatic rings. The first-order chi connectivity index (χ1) is 24.8. The van der Waals surface area contributed by atoms with Crippen LogP contribution >= 0.6 is 11.3 Å². The third-order valence-electron chi connectivity index (χ3n) is 9.28. The van der Waals surface area contributed by atoms with Gasteiger partial charge < -0.3 is 4.42 Å². The Morgan fingerprint density at radius 1 is 0.560 bits per heavy atom. The van der Waals surface area contributed by atoms with E-state index in [9.17, 15) is 0 Å². The van der Waals surface area contributed by atoms with Gasteiger partial charge in [-0.2, -0.15) is 0 Å². The van der Waals surface area contributed by atoms with Crippen molar-refractivity contribution in [1.29, 1.82) is 0 Å². The number of fused-ring (bicyclic) bond motifs is 6.